The maximum absolute atomic E-state index is 11.7. The fourth-order valence-electron chi connectivity index (χ4n) is 6.00. The van der Waals surface area contributed by atoms with Gasteiger partial charge in [0, 0.05) is 83.1 Å². The summed E-state index contributed by atoms with van der Waals surface area (Å²) in [4.78, 5) is 21.7. The van der Waals surface area contributed by atoms with E-state index >= 15 is 0 Å². The molecule has 0 aliphatic carbocycles. The molecule has 38 heavy (non-hydrogen) atoms. The summed E-state index contributed by atoms with van der Waals surface area (Å²) in [5.41, 5.74) is 3.88. The van der Waals surface area contributed by atoms with Gasteiger partial charge in [0.15, 0.2) is 5.78 Å². The van der Waals surface area contributed by atoms with Crippen LogP contribution >= 0.6 is 0 Å². The van der Waals surface area contributed by atoms with Crippen molar-refractivity contribution in [2.24, 2.45) is 0 Å². The number of Topliss-reactive ketones (excluding diaryl/α,β-unsaturated/α-hetero) is 1. The van der Waals surface area contributed by atoms with Crippen molar-refractivity contribution in [1.29, 1.82) is 0 Å². The van der Waals surface area contributed by atoms with Gasteiger partial charge in [-0.1, -0.05) is 48.5 Å². The molecule has 7 heteroatoms. The Bertz CT molecular complexity index is 1030. The molecule has 7 nitrogen and oxygen atoms in total. The predicted octanol–water partition coefficient (Wildman–Crippen LogP) is 2.84. The summed E-state index contributed by atoms with van der Waals surface area (Å²) in [6.45, 7) is 17.6. The smallest absolute Gasteiger partial charge is 0.188 e. The van der Waals surface area contributed by atoms with Gasteiger partial charge in [0.1, 0.15) is 6.61 Å². The van der Waals surface area contributed by atoms with Crippen LogP contribution in [0.15, 0.2) is 48.5 Å². The van der Waals surface area contributed by atoms with Gasteiger partial charge in [0.2, 0.25) is 0 Å². The average Bonchev–Trinajstić information content (AvgIpc) is 2.87. The first-order valence-corrected chi connectivity index (χ1v) is 14.1. The van der Waals surface area contributed by atoms with Gasteiger partial charge in [0.25, 0.3) is 0 Å². The average molecular weight is 523 g/mol. The second-order valence-corrected chi connectivity index (χ2v) is 12.0. The lowest BCUT2D eigenvalue weighted by Crippen LogP contribution is -2.55. The van der Waals surface area contributed by atoms with Gasteiger partial charge in [-0.25, -0.2) is 0 Å². The Morgan fingerprint density at radius 1 is 0.816 bits per heavy atom. The van der Waals surface area contributed by atoms with E-state index in [2.05, 4.69) is 57.7 Å². The molecule has 2 saturated heterocycles. The zero-order chi connectivity index (χ0) is 27.3. The maximum atomic E-state index is 11.7. The Balaban J connectivity index is 1.28. The highest BCUT2D eigenvalue weighted by molar-refractivity contribution is 5.96. The molecule has 0 aromatic heterocycles. The van der Waals surface area contributed by atoms with Crippen molar-refractivity contribution in [3.05, 3.63) is 70.8 Å². The van der Waals surface area contributed by atoms with Crippen LogP contribution < -0.4 is 0 Å². The number of benzene rings is 2. The molecule has 4 rings (SSSR count). The Morgan fingerprint density at radius 3 is 1.95 bits per heavy atom. The van der Waals surface area contributed by atoms with E-state index in [0.29, 0.717) is 17.6 Å². The molecule has 2 aliphatic rings. The Hall–Kier alpha value is -2.13. The van der Waals surface area contributed by atoms with Gasteiger partial charge in [0.05, 0.1) is 5.60 Å². The SMILES string of the molecule is C[C@@H]1CN(Cc2ccc(C(=O)CO)cc2)C[C@H](C)N1Cc1cccc(CN2CCN(CC(C)(C)O)CC2)c1. The molecule has 2 aromatic carbocycles. The summed E-state index contributed by atoms with van der Waals surface area (Å²) >= 11 is 0. The lowest BCUT2D eigenvalue weighted by molar-refractivity contribution is 0.0166. The van der Waals surface area contributed by atoms with E-state index < -0.39 is 12.2 Å². The van der Waals surface area contributed by atoms with E-state index in [9.17, 15) is 9.90 Å². The first kappa shape index (κ1) is 28.9. The molecule has 0 unspecified atom stereocenters. The standard InChI is InChI=1S/C31H46N4O3/c1-24-17-34(19-26-8-10-29(11-9-26)30(37)22-36)18-25(2)35(24)21-28-7-5-6-27(16-28)20-32-12-14-33(15-13-32)23-31(3,4)38/h5-11,16,24-25,36,38H,12-15,17-23H2,1-4H3/t24-,25+. The van der Waals surface area contributed by atoms with Crippen LogP contribution in [0.3, 0.4) is 0 Å². The number of nitrogens with zero attached hydrogens (tertiary/aromatic N) is 4. The zero-order valence-electron chi connectivity index (χ0n) is 23.6. The first-order valence-electron chi connectivity index (χ1n) is 14.1. The van der Waals surface area contributed by atoms with Crippen LogP contribution in [0.1, 0.15) is 54.7 Å². The number of piperazine rings is 2. The van der Waals surface area contributed by atoms with Crippen molar-refractivity contribution in [2.45, 2.75) is 65.0 Å². The number of aliphatic hydroxyl groups is 2. The fourth-order valence-corrected chi connectivity index (χ4v) is 6.00. The molecular formula is C31H46N4O3. The molecule has 2 aliphatic heterocycles. The molecule has 0 bridgehead atoms. The molecule has 0 amide bonds. The van der Waals surface area contributed by atoms with Gasteiger partial charge < -0.3 is 10.2 Å². The molecule has 2 N–H and O–H groups in total. The minimum atomic E-state index is -0.635. The maximum Gasteiger partial charge on any atom is 0.188 e. The van der Waals surface area contributed by atoms with E-state index in [1.807, 2.05) is 38.1 Å². The third-order valence-electron chi connectivity index (χ3n) is 7.84. The molecule has 0 spiro atoms. The van der Waals surface area contributed by atoms with E-state index in [1.165, 1.54) is 16.7 Å². The minimum absolute atomic E-state index is 0.235. The summed E-state index contributed by atoms with van der Waals surface area (Å²) in [5, 5.41) is 19.2. The molecule has 0 saturated carbocycles. The number of hydrogen-bond donors (Lipinski definition) is 2. The monoisotopic (exact) mass is 522 g/mol. The lowest BCUT2D eigenvalue weighted by Gasteiger charge is -2.44. The summed E-state index contributed by atoms with van der Waals surface area (Å²) in [6.07, 6.45) is 0. The Kier molecular flexibility index (Phi) is 9.74. The van der Waals surface area contributed by atoms with Crippen molar-refractivity contribution in [1.82, 2.24) is 19.6 Å². The van der Waals surface area contributed by atoms with Crippen LogP contribution in [-0.4, -0.2) is 106 Å². The highest BCUT2D eigenvalue weighted by Crippen LogP contribution is 2.22. The Morgan fingerprint density at radius 2 is 1.37 bits per heavy atom. The van der Waals surface area contributed by atoms with Crippen molar-refractivity contribution in [3.8, 4) is 0 Å². The van der Waals surface area contributed by atoms with Crippen LogP contribution in [0.2, 0.25) is 0 Å². The largest absolute Gasteiger partial charge is 0.389 e. The molecule has 0 radical (unpaired) electrons. The third-order valence-corrected chi connectivity index (χ3v) is 7.84. The number of β-amino-alcohol motifs (C(OH)–C–C–N with tert-alkyl or cyclic N) is 1. The van der Waals surface area contributed by atoms with Crippen LogP contribution in [0, 0.1) is 0 Å². The molecule has 2 fully saturated rings. The summed E-state index contributed by atoms with van der Waals surface area (Å²) in [5.74, 6) is -0.235. The third kappa shape index (κ3) is 8.18. The lowest BCUT2D eigenvalue weighted by atomic mass is 10.0. The van der Waals surface area contributed by atoms with Crippen molar-refractivity contribution < 1.29 is 15.0 Å². The summed E-state index contributed by atoms with van der Waals surface area (Å²) < 4.78 is 0. The van der Waals surface area contributed by atoms with E-state index in [4.69, 9.17) is 5.11 Å². The summed E-state index contributed by atoms with van der Waals surface area (Å²) in [6, 6.07) is 17.6. The molecule has 2 atom stereocenters. The number of rotatable bonds is 10. The highest BCUT2D eigenvalue weighted by Gasteiger charge is 2.29. The molecular weight excluding hydrogens is 476 g/mol. The van der Waals surface area contributed by atoms with Crippen LogP contribution in [0.5, 0.6) is 0 Å². The summed E-state index contributed by atoms with van der Waals surface area (Å²) in [7, 11) is 0. The van der Waals surface area contributed by atoms with Crippen LogP contribution in [-0.2, 0) is 19.6 Å². The Labute approximate surface area is 228 Å². The van der Waals surface area contributed by atoms with Crippen LogP contribution in [0.25, 0.3) is 0 Å². The van der Waals surface area contributed by atoms with Gasteiger partial charge in [-0.2, -0.15) is 0 Å². The number of aliphatic hydroxyl groups excluding tert-OH is 1. The van der Waals surface area contributed by atoms with Crippen LogP contribution in [0.4, 0.5) is 0 Å². The number of hydrogen-bond acceptors (Lipinski definition) is 7. The predicted molar refractivity (Wildman–Crippen MR) is 152 cm³/mol. The second kappa shape index (κ2) is 12.8. The molecule has 2 heterocycles. The number of carbonyl (C=O) groups is 1. The number of carbonyl (C=O) groups excluding carboxylic acids is 1. The van der Waals surface area contributed by atoms with E-state index in [1.54, 1.807) is 0 Å². The van der Waals surface area contributed by atoms with E-state index in [-0.39, 0.29) is 5.78 Å². The van der Waals surface area contributed by atoms with Crippen molar-refractivity contribution >= 4 is 5.78 Å². The van der Waals surface area contributed by atoms with Gasteiger partial charge in [-0.15, -0.1) is 0 Å². The zero-order valence-corrected chi connectivity index (χ0v) is 23.6. The van der Waals surface area contributed by atoms with Gasteiger partial charge in [-0.3, -0.25) is 24.4 Å². The first-order chi connectivity index (χ1) is 18.1. The minimum Gasteiger partial charge on any atom is -0.389 e. The van der Waals surface area contributed by atoms with Crippen molar-refractivity contribution in [3.63, 3.8) is 0 Å². The van der Waals surface area contributed by atoms with Gasteiger partial charge >= 0.3 is 0 Å². The quantitative estimate of drug-likeness (QED) is 0.465. The molecule has 208 valence electrons. The molecule has 2 aromatic rings. The normalized spacial score (nSPS) is 22.6. The highest BCUT2D eigenvalue weighted by atomic mass is 16.3. The van der Waals surface area contributed by atoms with E-state index in [0.717, 1.165) is 65.4 Å². The fraction of sp³-hybridized carbons (Fsp3) is 0.581. The second-order valence-electron chi connectivity index (χ2n) is 12.0. The van der Waals surface area contributed by atoms with Crippen molar-refractivity contribution in [2.75, 3.05) is 52.4 Å². The van der Waals surface area contributed by atoms with Gasteiger partial charge in [-0.05, 0) is 44.4 Å². The topological polar surface area (TPSA) is 70.5 Å². The number of ketones is 1.